The van der Waals surface area contributed by atoms with Crippen LogP contribution in [0.5, 0.6) is 0 Å². The zero-order valence-corrected chi connectivity index (χ0v) is 18.8. The zero-order chi connectivity index (χ0) is 22.2. The van der Waals surface area contributed by atoms with E-state index in [0.29, 0.717) is 12.3 Å². The summed E-state index contributed by atoms with van der Waals surface area (Å²) in [7, 11) is 0. The summed E-state index contributed by atoms with van der Waals surface area (Å²) in [5, 5.41) is 5.28. The average molecular weight is 429 g/mol. The predicted octanol–water partition coefficient (Wildman–Crippen LogP) is 5.67. The highest BCUT2D eigenvalue weighted by Crippen LogP contribution is 2.40. The van der Waals surface area contributed by atoms with Gasteiger partial charge in [0.05, 0.1) is 5.69 Å². The summed E-state index contributed by atoms with van der Waals surface area (Å²) in [6.07, 6.45) is 5.65. The third kappa shape index (κ3) is 3.60. The number of piperidine rings is 1. The second kappa shape index (κ2) is 8.26. The van der Waals surface area contributed by atoms with Crippen molar-refractivity contribution >= 4 is 16.8 Å². The van der Waals surface area contributed by atoms with Crippen LogP contribution < -0.4 is 0 Å². The molecule has 0 bridgehead atoms. The number of fused-ring (bicyclic) bond motifs is 1. The van der Waals surface area contributed by atoms with Crippen LogP contribution in [0, 0.1) is 6.92 Å². The molecule has 1 aliphatic rings. The number of likely N-dealkylation sites (tertiary alicyclic amines) is 1. The maximum Gasteiger partial charge on any atom is 0.292 e. The van der Waals surface area contributed by atoms with Gasteiger partial charge in [0.2, 0.25) is 5.76 Å². The molecule has 5 rings (SSSR count). The van der Waals surface area contributed by atoms with E-state index in [4.69, 9.17) is 4.52 Å². The summed E-state index contributed by atoms with van der Waals surface area (Å²) in [6.45, 7) is 7.60. The number of rotatable bonds is 4. The maximum atomic E-state index is 13.2. The van der Waals surface area contributed by atoms with Crippen LogP contribution >= 0.6 is 0 Å². The molecule has 0 unspecified atom stereocenters. The molecule has 1 aromatic carbocycles. The van der Waals surface area contributed by atoms with Crippen molar-refractivity contribution in [3.05, 3.63) is 71.5 Å². The Bertz CT molecular complexity index is 1260. The summed E-state index contributed by atoms with van der Waals surface area (Å²) < 4.78 is 5.38. The number of hydrogen-bond donors (Lipinski definition) is 1. The lowest BCUT2D eigenvalue weighted by atomic mass is 9.89. The molecular formula is C26H28N4O2. The number of H-pyrrole nitrogens is 1. The first-order valence-corrected chi connectivity index (χ1v) is 11.3. The molecule has 1 aliphatic heterocycles. The number of carbonyl (C=O) groups excluding carboxylic acids is 1. The molecule has 0 spiro atoms. The van der Waals surface area contributed by atoms with Gasteiger partial charge in [-0.2, -0.15) is 0 Å². The fourth-order valence-electron chi connectivity index (χ4n) is 4.73. The standard InChI is InChI=1S/C26H28N4O2/c1-16(2)21-14-22(32-29-21)26(31)30-13-5-7-19(15-30)25-23(18-9-11-27-12-10-18)20-8-4-6-17(3)24(20)28-25/h4,6,8-12,14,16,19,28H,5,7,13,15H2,1-3H3/t19-/m1/s1. The minimum atomic E-state index is -0.0770. The first-order valence-electron chi connectivity index (χ1n) is 11.3. The molecular weight excluding hydrogens is 400 g/mol. The Morgan fingerprint density at radius 2 is 2.03 bits per heavy atom. The maximum absolute atomic E-state index is 13.2. The first-order chi connectivity index (χ1) is 15.5. The minimum absolute atomic E-state index is 0.0770. The fourth-order valence-corrected chi connectivity index (χ4v) is 4.73. The van der Waals surface area contributed by atoms with Crippen LogP contribution in [0.15, 0.2) is 53.3 Å². The Hall–Kier alpha value is -3.41. The van der Waals surface area contributed by atoms with Crippen molar-refractivity contribution in [2.75, 3.05) is 13.1 Å². The molecule has 1 N–H and O–H groups in total. The minimum Gasteiger partial charge on any atom is -0.357 e. The topological polar surface area (TPSA) is 75.0 Å². The van der Waals surface area contributed by atoms with E-state index >= 15 is 0 Å². The summed E-state index contributed by atoms with van der Waals surface area (Å²) >= 11 is 0. The van der Waals surface area contributed by atoms with Crippen molar-refractivity contribution in [2.45, 2.75) is 45.4 Å². The van der Waals surface area contributed by atoms with Gasteiger partial charge in [0, 0.05) is 59.6 Å². The molecule has 0 saturated carbocycles. The van der Waals surface area contributed by atoms with Crippen molar-refractivity contribution in [3.63, 3.8) is 0 Å². The lowest BCUT2D eigenvalue weighted by Crippen LogP contribution is -2.39. The van der Waals surface area contributed by atoms with Crippen molar-refractivity contribution < 1.29 is 9.32 Å². The molecule has 1 fully saturated rings. The van der Waals surface area contributed by atoms with Crippen LogP contribution in [-0.2, 0) is 0 Å². The zero-order valence-electron chi connectivity index (χ0n) is 18.8. The molecule has 0 aliphatic carbocycles. The Kier molecular flexibility index (Phi) is 5.29. The largest absolute Gasteiger partial charge is 0.357 e. The number of pyridine rings is 1. The van der Waals surface area contributed by atoms with Crippen LogP contribution in [0.1, 0.15) is 66.0 Å². The number of aromatic nitrogens is 3. The monoisotopic (exact) mass is 428 g/mol. The number of carbonyl (C=O) groups is 1. The smallest absolute Gasteiger partial charge is 0.292 e. The summed E-state index contributed by atoms with van der Waals surface area (Å²) in [4.78, 5) is 23.0. The van der Waals surface area contributed by atoms with Gasteiger partial charge in [0.1, 0.15) is 0 Å². The lowest BCUT2D eigenvalue weighted by Gasteiger charge is -2.32. The van der Waals surface area contributed by atoms with Crippen molar-refractivity contribution in [2.24, 2.45) is 0 Å². The van der Waals surface area contributed by atoms with Crippen LogP contribution in [0.25, 0.3) is 22.0 Å². The number of aryl methyl sites for hydroxylation is 1. The van der Waals surface area contributed by atoms with E-state index in [1.165, 1.54) is 22.2 Å². The Morgan fingerprint density at radius 1 is 1.22 bits per heavy atom. The Morgan fingerprint density at radius 3 is 2.78 bits per heavy atom. The quantitative estimate of drug-likeness (QED) is 0.454. The van der Waals surface area contributed by atoms with Gasteiger partial charge < -0.3 is 14.4 Å². The van der Waals surface area contributed by atoms with Crippen LogP contribution in [0.4, 0.5) is 0 Å². The van der Waals surface area contributed by atoms with E-state index in [0.717, 1.165) is 36.2 Å². The van der Waals surface area contributed by atoms with E-state index in [2.05, 4.69) is 52.4 Å². The third-order valence-corrected chi connectivity index (χ3v) is 6.49. The van der Waals surface area contributed by atoms with Gasteiger partial charge in [-0.1, -0.05) is 37.2 Å². The second-order valence-corrected chi connectivity index (χ2v) is 9.01. The van der Waals surface area contributed by atoms with Crippen LogP contribution in [0.3, 0.4) is 0 Å². The third-order valence-electron chi connectivity index (χ3n) is 6.49. The van der Waals surface area contributed by atoms with E-state index in [1.807, 2.05) is 31.1 Å². The average Bonchev–Trinajstić information content (AvgIpc) is 3.46. The first kappa shape index (κ1) is 20.5. The van der Waals surface area contributed by atoms with E-state index in [9.17, 15) is 4.79 Å². The Labute approximate surface area is 187 Å². The van der Waals surface area contributed by atoms with E-state index in [-0.39, 0.29) is 17.7 Å². The van der Waals surface area contributed by atoms with Crippen molar-refractivity contribution in [1.29, 1.82) is 0 Å². The normalized spacial score (nSPS) is 16.8. The van der Waals surface area contributed by atoms with Gasteiger partial charge in [0.25, 0.3) is 5.91 Å². The van der Waals surface area contributed by atoms with E-state index < -0.39 is 0 Å². The van der Waals surface area contributed by atoms with Gasteiger partial charge >= 0.3 is 0 Å². The van der Waals surface area contributed by atoms with Crippen LogP contribution in [0.2, 0.25) is 0 Å². The molecule has 4 aromatic rings. The van der Waals surface area contributed by atoms with Gasteiger partial charge in [-0.25, -0.2) is 0 Å². The molecule has 164 valence electrons. The number of aromatic amines is 1. The fraction of sp³-hybridized carbons (Fsp3) is 0.346. The summed E-state index contributed by atoms with van der Waals surface area (Å²) in [5.41, 5.74) is 6.75. The van der Waals surface area contributed by atoms with Crippen LogP contribution in [-0.4, -0.2) is 39.0 Å². The number of nitrogens with zero attached hydrogens (tertiary/aromatic N) is 3. The van der Waals surface area contributed by atoms with Crippen molar-refractivity contribution in [1.82, 2.24) is 20.0 Å². The molecule has 0 radical (unpaired) electrons. The van der Waals surface area contributed by atoms with E-state index in [1.54, 1.807) is 6.07 Å². The van der Waals surface area contributed by atoms with Crippen molar-refractivity contribution in [3.8, 4) is 11.1 Å². The number of benzene rings is 1. The predicted molar refractivity (Wildman–Crippen MR) is 125 cm³/mol. The molecule has 4 heterocycles. The number of para-hydroxylation sites is 1. The molecule has 32 heavy (non-hydrogen) atoms. The molecule has 1 saturated heterocycles. The SMILES string of the molecule is Cc1cccc2c(-c3ccncc3)c([C@@H]3CCCN(C(=O)c4cc(C(C)C)no4)C3)[nH]c12. The number of hydrogen-bond acceptors (Lipinski definition) is 4. The van der Waals surface area contributed by atoms with Gasteiger partial charge in [-0.3, -0.25) is 9.78 Å². The molecule has 1 atom stereocenters. The number of amides is 1. The molecule has 1 amide bonds. The second-order valence-electron chi connectivity index (χ2n) is 9.01. The Balaban J connectivity index is 1.51. The van der Waals surface area contributed by atoms with Gasteiger partial charge in [0.15, 0.2) is 0 Å². The molecule has 6 nitrogen and oxygen atoms in total. The highest BCUT2D eigenvalue weighted by atomic mass is 16.5. The van der Waals surface area contributed by atoms with Gasteiger partial charge in [-0.15, -0.1) is 0 Å². The highest BCUT2D eigenvalue weighted by molar-refractivity contribution is 5.99. The van der Waals surface area contributed by atoms with Gasteiger partial charge in [-0.05, 0) is 48.9 Å². The number of nitrogens with one attached hydrogen (secondary N) is 1. The summed E-state index contributed by atoms with van der Waals surface area (Å²) in [6, 6.07) is 12.3. The summed E-state index contributed by atoms with van der Waals surface area (Å²) in [5.74, 6) is 0.699. The lowest BCUT2D eigenvalue weighted by molar-refractivity contribution is 0.0664. The highest BCUT2D eigenvalue weighted by Gasteiger charge is 2.31. The molecule has 6 heteroatoms. The molecule has 3 aromatic heterocycles.